The summed E-state index contributed by atoms with van der Waals surface area (Å²) in [5.41, 5.74) is 2.25. The maximum absolute atomic E-state index is 10.6. The molecule has 0 bridgehead atoms. The summed E-state index contributed by atoms with van der Waals surface area (Å²) in [5, 5.41) is 20.3. The van der Waals surface area contributed by atoms with Crippen molar-refractivity contribution >= 4 is 17.3 Å². The van der Waals surface area contributed by atoms with Crippen molar-refractivity contribution in [3.63, 3.8) is 0 Å². The van der Waals surface area contributed by atoms with Gasteiger partial charge >= 0.3 is 0 Å². The molecule has 0 aliphatic heterocycles. The van der Waals surface area contributed by atoms with E-state index < -0.39 is 4.92 Å². The van der Waals surface area contributed by atoms with Gasteiger partial charge in [0.05, 0.1) is 17.7 Å². The Labute approximate surface area is 91.0 Å². The number of guanidine groups is 1. The summed E-state index contributed by atoms with van der Waals surface area (Å²) in [6, 6.07) is 4.00. The maximum atomic E-state index is 10.6. The highest BCUT2D eigenvalue weighted by molar-refractivity contribution is 5.92. The molecule has 1 rings (SSSR count). The second-order valence-corrected chi connectivity index (χ2v) is 2.79. The van der Waals surface area contributed by atoms with E-state index in [0.29, 0.717) is 11.4 Å². The van der Waals surface area contributed by atoms with Crippen LogP contribution in [0, 0.1) is 15.5 Å². The minimum Gasteiger partial charge on any atom is -0.495 e. The smallest absolute Gasteiger partial charge is 0.271 e. The van der Waals surface area contributed by atoms with E-state index in [2.05, 4.69) is 10.7 Å². The number of nitrogens with one attached hydrogen (secondary N) is 3. The van der Waals surface area contributed by atoms with E-state index in [1.807, 2.05) is 0 Å². The zero-order valence-electron chi connectivity index (χ0n) is 8.48. The molecular weight excluding hydrogens is 214 g/mol. The SMILES string of the molecule is COc1ccc([N+](=O)[O-])cc1NC(=N)NN. The molecule has 0 saturated heterocycles. The molecule has 8 heteroatoms. The molecule has 0 aliphatic rings. The van der Waals surface area contributed by atoms with Gasteiger partial charge in [0, 0.05) is 12.1 Å². The molecule has 0 atom stereocenters. The van der Waals surface area contributed by atoms with Crippen LogP contribution < -0.4 is 21.3 Å². The Morgan fingerprint density at radius 2 is 2.31 bits per heavy atom. The van der Waals surface area contributed by atoms with Gasteiger partial charge in [-0.15, -0.1) is 0 Å². The van der Waals surface area contributed by atoms with E-state index in [0.717, 1.165) is 0 Å². The zero-order valence-corrected chi connectivity index (χ0v) is 8.48. The van der Waals surface area contributed by atoms with Crippen LogP contribution in [0.4, 0.5) is 11.4 Å². The Balaban J connectivity index is 3.06. The van der Waals surface area contributed by atoms with Crippen LogP contribution in [-0.2, 0) is 0 Å². The van der Waals surface area contributed by atoms with Gasteiger partial charge in [-0.25, -0.2) is 5.84 Å². The van der Waals surface area contributed by atoms with Crippen molar-refractivity contribution in [2.45, 2.75) is 0 Å². The van der Waals surface area contributed by atoms with Crippen molar-refractivity contribution in [1.82, 2.24) is 5.43 Å². The number of hydrogen-bond acceptors (Lipinski definition) is 5. The predicted octanol–water partition coefficient (Wildman–Crippen LogP) is 0.413. The highest BCUT2D eigenvalue weighted by atomic mass is 16.6. The lowest BCUT2D eigenvalue weighted by Crippen LogP contribution is -2.35. The molecule has 0 fully saturated rings. The van der Waals surface area contributed by atoms with Gasteiger partial charge < -0.3 is 10.1 Å². The largest absolute Gasteiger partial charge is 0.495 e. The Hall–Kier alpha value is -2.35. The number of benzene rings is 1. The number of nitro groups is 1. The highest BCUT2D eigenvalue weighted by Gasteiger charge is 2.11. The first-order valence-electron chi connectivity index (χ1n) is 4.23. The Morgan fingerprint density at radius 1 is 1.62 bits per heavy atom. The second-order valence-electron chi connectivity index (χ2n) is 2.79. The van der Waals surface area contributed by atoms with Crippen molar-refractivity contribution in [2.24, 2.45) is 5.84 Å². The third-order valence-electron chi connectivity index (χ3n) is 1.80. The third-order valence-corrected chi connectivity index (χ3v) is 1.80. The third kappa shape index (κ3) is 2.58. The summed E-state index contributed by atoms with van der Waals surface area (Å²) in [4.78, 5) is 10.0. The minimum atomic E-state index is -0.538. The van der Waals surface area contributed by atoms with Gasteiger partial charge in [0.15, 0.2) is 0 Å². The number of hydrazine groups is 1. The van der Waals surface area contributed by atoms with E-state index in [4.69, 9.17) is 16.0 Å². The lowest BCUT2D eigenvalue weighted by molar-refractivity contribution is -0.384. The first-order valence-corrected chi connectivity index (χ1v) is 4.23. The Morgan fingerprint density at radius 3 is 2.81 bits per heavy atom. The predicted molar refractivity (Wildman–Crippen MR) is 58.3 cm³/mol. The van der Waals surface area contributed by atoms with E-state index in [-0.39, 0.29) is 11.6 Å². The normalized spacial score (nSPS) is 9.38. The van der Waals surface area contributed by atoms with Crippen LogP contribution in [0.25, 0.3) is 0 Å². The fraction of sp³-hybridized carbons (Fsp3) is 0.125. The average molecular weight is 225 g/mol. The van der Waals surface area contributed by atoms with Gasteiger partial charge in [0.25, 0.3) is 5.69 Å². The number of non-ortho nitro benzene ring substituents is 1. The molecule has 0 unspecified atom stereocenters. The maximum Gasteiger partial charge on any atom is 0.271 e. The molecule has 16 heavy (non-hydrogen) atoms. The van der Waals surface area contributed by atoms with Crippen LogP contribution in [0.5, 0.6) is 5.75 Å². The van der Waals surface area contributed by atoms with Crippen LogP contribution in [0.15, 0.2) is 18.2 Å². The number of ether oxygens (including phenoxy) is 1. The second kappa shape index (κ2) is 4.94. The number of hydrogen-bond donors (Lipinski definition) is 4. The number of nitrogens with zero attached hydrogens (tertiary/aromatic N) is 1. The first-order chi connectivity index (χ1) is 7.58. The monoisotopic (exact) mass is 225 g/mol. The van der Waals surface area contributed by atoms with E-state index in [1.165, 1.54) is 25.3 Å². The van der Waals surface area contributed by atoms with Gasteiger partial charge in [-0.3, -0.25) is 20.9 Å². The van der Waals surface area contributed by atoms with Crippen molar-refractivity contribution in [3.05, 3.63) is 28.3 Å². The summed E-state index contributed by atoms with van der Waals surface area (Å²) < 4.78 is 4.98. The summed E-state index contributed by atoms with van der Waals surface area (Å²) in [5.74, 6) is 5.18. The zero-order chi connectivity index (χ0) is 12.1. The molecular formula is C8H11N5O3. The highest BCUT2D eigenvalue weighted by Crippen LogP contribution is 2.28. The number of methoxy groups -OCH3 is 1. The van der Waals surface area contributed by atoms with Gasteiger partial charge in [-0.1, -0.05) is 0 Å². The molecule has 1 aromatic carbocycles. The van der Waals surface area contributed by atoms with Crippen LogP contribution in [-0.4, -0.2) is 18.0 Å². The van der Waals surface area contributed by atoms with Crippen LogP contribution in [0.3, 0.4) is 0 Å². The van der Waals surface area contributed by atoms with Crippen LogP contribution >= 0.6 is 0 Å². The summed E-state index contributed by atoms with van der Waals surface area (Å²) in [6.45, 7) is 0. The number of rotatable bonds is 3. The van der Waals surface area contributed by atoms with E-state index >= 15 is 0 Å². The number of anilines is 1. The van der Waals surface area contributed by atoms with Crippen molar-refractivity contribution in [2.75, 3.05) is 12.4 Å². The quantitative estimate of drug-likeness (QED) is 0.194. The molecule has 0 heterocycles. The fourth-order valence-electron chi connectivity index (χ4n) is 1.08. The van der Waals surface area contributed by atoms with E-state index in [1.54, 1.807) is 0 Å². The molecule has 1 aromatic rings. The molecule has 0 aliphatic carbocycles. The van der Waals surface area contributed by atoms with Crippen molar-refractivity contribution in [3.8, 4) is 5.75 Å². The lowest BCUT2D eigenvalue weighted by atomic mass is 10.2. The summed E-state index contributed by atoms with van der Waals surface area (Å²) in [7, 11) is 1.42. The van der Waals surface area contributed by atoms with Crippen LogP contribution in [0.2, 0.25) is 0 Å². The molecule has 0 amide bonds. The van der Waals surface area contributed by atoms with Gasteiger partial charge in [0.1, 0.15) is 5.75 Å². The van der Waals surface area contributed by atoms with E-state index in [9.17, 15) is 10.1 Å². The fourth-order valence-corrected chi connectivity index (χ4v) is 1.08. The summed E-state index contributed by atoms with van der Waals surface area (Å²) in [6.07, 6.45) is 0. The number of nitrogens with two attached hydrogens (primary N) is 1. The molecule has 0 saturated carbocycles. The molecule has 0 aromatic heterocycles. The van der Waals surface area contributed by atoms with Gasteiger partial charge in [-0.2, -0.15) is 0 Å². The standard InChI is InChI=1S/C8H11N5O3/c1-16-7-3-2-5(13(14)15)4-6(7)11-8(9)12-10/h2-4H,10H2,1H3,(H3,9,11,12). The molecule has 86 valence electrons. The van der Waals surface area contributed by atoms with Crippen molar-refractivity contribution in [1.29, 1.82) is 5.41 Å². The molecule has 0 radical (unpaired) electrons. The molecule has 8 nitrogen and oxygen atoms in total. The summed E-state index contributed by atoms with van der Waals surface area (Å²) >= 11 is 0. The molecule has 0 spiro atoms. The minimum absolute atomic E-state index is 0.104. The topological polar surface area (TPSA) is 126 Å². The van der Waals surface area contributed by atoms with Gasteiger partial charge in [-0.05, 0) is 6.07 Å². The van der Waals surface area contributed by atoms with Gasteiger partial charge in [0.2, 0.25) is 5.96 Å². The van der Waals surface area contributed by atoms with Crippen molar-refractivity contribution < 1.29 is 9.66 Å². The average Bonchev–Trinajstić information content (AvgIpc) is 2.28. The Bertz CT molecular complexity index is 420. The first kappa shape index (κ1) is 11.7. The number of nitro benzene ring substituents is 1. The lowest BCUT2D eigenvalue weighted by Gasteiger charge is -2.10. The molecule has 5 N–H and O–H groups in total. The Kier molecular flexibility index (Phi) is 3.62. The van der Waals surface area contributed by atoms with Crippen LogP contribution in [0.1, 0.15) is 0 Å².